The summed E-state index contributed by atoms with van der Waals surface area (Å²) in [4.78, 5) is 38.4. The van der Waals surface area contributed by atoms with Crippen LogP contribution in [0.2, 0.25) is 0 Å². The van der Waals surface area contributed by atoms with Crippen LogP contribution in [-0.2, 0) is 9.53 Å². The molecule has 4 atom stereocenters. The molecule has 0 saturated carbocycles. The minimum absolute atomic E-state index is 0.0205. The number of hydrogen-bond acceptors (Lipinski definition) is 6. The van der Waals surface area contributed by atoms with Crippen molar-refractivity contribution < 1.29 is 23.8 Å². The fourth-order valence-corrected chi connectivity index (χ4v) is 4.93. The Bertz CT molecular complexity index is 1420. The van der Waals surface area contributed by atoms with Crippen LogP contribution in [0.5, 0.6) is 0 Å². The first-order valence-corrected chi connectivity index (χ1v) is 13.2. The number of anilines is 3. The molecule has 3 aromatic carbocycles. The summed E-state index contributed by atoms with van der Waals surface area (Å²) in [5, 5.41) is 15.8. The van der Waals surface area contributed by atoms with Crippen molar-refractivity contribution in [2.45, 2.75) is 45.0 Å². The van der Waals surface area contributed by atoms with E-state index >= 15 is 4.39 Å². The molecule has 1 saturated heterocycles. The highest BCUT2D eigenvalue weighted by Crippen LogP contribution is 2.36. The molecule has 0 aromatic heterocycles. The Morgan fingerprint density at radius 3 is 2.45 bits per heavy atom. The molecule has 1 aliphatic rings. The third-order valence-corrected chi connectivity index (χ3v) is 7.30. The van der Waals surface area contributed by atoms with E-state index in [0.29, 0.717) is 24.9 Å². The highest BCUT2D eigenvalue weighted by Gasteiger charge is 2.32. The number of carbonyl (C=O) groups is 2. The maximum absolute atomic E-state index is 15.2. The Balaban J connectivity index is 1.47. The van der Waals surface area contributed by atoms with Gasteiger partial charge in [-0.15, -0.1) is 0 Å². The van der Waals surface area contributed by atoms with Gasteiger partial charge in [0.1, 0.15) is 5.82 Å². The molecule has 1 aliphatic heterocycles. The third kappa shape index (κ3) is 7.11. The molecule has 40 heavy (non-hydrogen) atoms. The van der Waals surface area contributed by atoms with Gasteiger partial charge in [0.2, 0.25) is 11.3 Å². The molecule has 3 unspecified atom stereocenters. The van der Waals surface area contributed by atoms with Crippen molar-refractivity contribution in [2.75, 3.05) is 23.8 Å². The number of benzene rings is 2. The van der Waals surface area contributed by atoms with Crippen LogP contribution in [-0.4, -0.2) is 42.9 Å². The summed E-state index contributed by atoms with van der Waals surface area (Å²) in [5.74, 6) is -1.05. The predicted molar refractivity (Wildman–Crippen MR) is 152 cm³/mol. The molecular formula is C31H34FN3O5. The maximum atomic E-state index is 15.2. The number of ether oxygens (including phenoxy) is 1. The fourth-order valence-electron chi connectivity index (χ4n) is 4.93. The van der Waals surface area contributed by atoms with Crippen molar-refractivity contribution in [1.29, 1.82) is 0 Å². The van der Waals surface area contributed by atoms with E-state index in [1.165, 1.54) is 42.2 Å². The summed E-state index contributed by atoms with van der Waals surface area (Å²) in [6.45, 7) is 3.69. The van der Waals surface area contributed by atoms with E-state index < -0.39 is 12.1 Å². The van der Waals surface area contributed by atoms with Crippen LogP contribution in [0.1, 0.15) is 48.5 Å². The van der Waals surface area contributed by atoms with Crippen LogP contribution >= 0.6 is 0 Å². The number of amides is 2. The number of nitrogens with zero attached hydrogens (tertiary/aromatic N) is 1. The van der Waals surface area contributed by atoms with E-state index in [4.69, 9.17) is 4.74 Å². The zero-order chi connectivity index (χ0) is 28.8. The van der Waals surface area contributed by atoms with Crippen molar-refractivity contribution in [2.24, 2.45) is 5.92 Å². The average molecular weight is 548 g/mol. The van der Waals surface area contributed by atoms with Crippen molar-refractivity contribution in [3.63, 3.8) is 0 Å². The van der Waals surface area contributed by atoms with Gasteiger partial charge in [0.15, 0.2) is 6.29 Å². The second-order valence-corrected chi connectivity index (χ2v) is 10.1. The Labute approximate surface area is 232 Å². The normalized spacial score (nSPS) is 19.4. The molecule has 9 heteroatoms. The molecule has 8 nitrogen and oxygen atoms in total. The number of rotatable bonds is 8. The molecule has 3 aromatic rings. The summed E-state index contributed by atoms with van der Waals surface area (Å²) >= 11 is 0. The van der Waals surface area contributed by atoms with Gasteiger partial charge in [0.05, 0.1) is 17.5 Å². The molecule has 1 heterocycles. The predicted octanol–water partition coefficient (Wildman–Crippen LogP) is 4.56. The monoisotopic (exact) mass is 547 g/mol. The first-order valence-electron chi connectivity index (χ1n) is 13.2. The summed E-state index contributed by atoms with van der Waals surface area (Å²) in [5.41, 5.74) is 1.66. The van der Waals surface area contributed by atoms with Crippen LogP contribution in [0.25, 0.3) is 0 Å². The maximum Gasteiger partial charge on any atom is 0.258 e. The molecular weight excluding hydrogens is 513 g/mol. The lowest BCUT2D eigenvalue weighted by atomic mass is 9.80. The van der Waals surface area contributed by atoms with Gasteiger partial charge in [-0.05, 0) is 72.4 Å². The van der Waals surface area contributed by atoms with Gasteiger partial charge < -0.3 is 25.4 Å². The SMILES string of the molecule is CC(=O)NC[C@H]1CC(C(C)c2ccc(Nc3ccc(C(=O)N(C)c4ccccc4)ccc3=O)c(F)c2)CC(O)O1. The number of para-hydroxylation sites is 1. The van der Waals surface area contributed by atoms with Crippen molar-refractivity contribution in [3.05, 3.63) is 100.0 Å². The van der Waals surface area contributed by atoms with E-state index in [0.717, 1.165) is 11.3 Å². The summed E-state index contributed by atoms with van der Waals surface area (Å²) in [7, 11) is 1.66. The molecule has 2 amide bonds. The number of aliphatic hydroxyl groups excluding tert-OH is 1. The van der Waals surface area contributed by atoms with E-state index in [9.17, 15) is 19.5 Å². The van der Waals surface area contributed by atoms with Gasteiger partial charge in [0.25, 0.3) is 5.91 Å². The first kappa shape index (κ1) is 28.9. The van der Waals surface area contributed by atoms with Crippen molar-refractivity contribution in [1.82, 2.24) is 5.32 Å². The third-order valence-electron chi connectivity index (χ3n) is 7.30. The number of halogens is 1. The quantitative estimate of drug-likeness (QED) is 0.382. The molecule has 3 N–H and O–H groups in total. The Morgan fingerprint density at radius 2 is 1.75 bits per heavy atom. The first-order chi connectivity index (χ1) is 19.1. The van der Waals surface area contributed by atoms with Crippen molar-refractivity contribution in [3.8, 4) is 0 Å². The molecule has 0 aliphatic carbocycles. The summed E-state index contributed by atoms with van der Waals surface area (Å²) in [6.07, 6.45) is -0.269. The second kappa shape index (κ2) is 12.8. The van der Waals surface area contributed by atoms with E-state index in [-0.39, 0.29) is 46.6 Å². The molecule has 0 spiro atoms. The van der Waals surface area contributed by atoms with E-state index in [1.807, 2.05) is 37.3 Å². The summed E-state index contributed by atoms with van der Waals surface area (Å²) in [6, 6.07) is 19.7. The molecule has 1 fully saturated rings. The van der Waals surface area contributed by atoms with Gasteiger partial charge in [-0.25, -0.2) is 4.39 Å². The van der Waals surface area contributed by atoms with Gasteiger partial charge in [-0.3, -0.25) is 14.4 Å². The molecule has 0 radical (unpaired) electrons. The lowest BCUT2D eigenvalue weighted by Crippen LogP contribution is -2.41. The highest BCUT2D eigenvalue weighted by atomic mass is 19.1. The van der Waals surface area contributed by atoms with Gasteiger partial charge in [0, 0.05) is 38.2 Å². The summed E-state index contributed by atoms with van der Waals surface area (Å²) < 4.78 is 20.7. The van der Waals surface area contributed by atoms with Gasteiger partial charge in [-0.1, -0.05) is 31.2 Å². The number of hydrogen-bond donors (Lipinski definition) is 3. The molecule has 210 valence electrons. The Morgan fingerprint density at radius 1 is 1.05 bits per heavy atom. The van der Waals surface area contributed by atoms with Gasteiger partial charge in [-0.2, -0.15) is 0 Å². The van der Waals surface area contributed by atoms with Crippen LogP contribution in [0.4, 0.5) is 21.5 Å². The number of aliphatic hydroxyl groups is 1. The molecule has 4 rings (SSSR count). The van der Waals surface area contributed by atoms with Crippen LogP contribution < -0.4 is 21.0 Å². The fraction of sp³-hybridized carbons (Fsp3) is 0.323. The van der Waals surface area contributed by atoms with E-state index in [2.05, 4.69) is 10.6 Å². The van der Waals surface area contributed by atoms with Crippen LogP contribution in [0.15, 0.2) is 77.6 Å². The number of nitrogens with one attached hydrogen (secondary N) is 2. The van der Waals surface area contributed by atoms with Crippen LogP contribution in [0.3, 0.4) is 0 Å². The number of carbonyl (C=O) groups excluding carboxylic acids is 2. The van der Waals surface area contributed by atoms with Crippen molar-refractivity contribution >= 4 is 28.9 Å². The second-order valence-electron chi connectivity index (χ2n) is 10.1. The molecule has 0 bridgehead atoms. The Kier molecular flexibility index (Phi) is 9.29. The van der Waals surface area contributed by atoms with Gasteiger partial charge >= 0.3 is 0 Å². The lowest BCUT2D eigenvalue weighted by Gasteiger charge is -2.36. The average Bonchev–Trinajstić information content (AvgIpc) is 3.13. The topological polar surface area (TPSA) is 108 Å². The minimum Gasteiger partial charge on any atom is -0.368 e. The largest absolute Gasteiger partial charge is 0.368 e. The highest BCUT2D eigenvalue weighted by molar-refractivity contribution is 6.05. The minimum atomic E-state index is -0.954. The zero-order valence-electron chi connectivity index (χ0n) is 22.8. The Hall–Kier alpha value is -4.08. The standard InChI is InChI=1S/C31H34FN3O5/c1-19(23-15-25(18-33-20(2)36)40-30(38)17-23)22-10-12-27(26(32)16-22)34-28-13-9-21(11-14-29(28)37)31(39)35(3)24-7-5-4-6-8-24/h4-14,16,19,23,25,30,38H,15,17-18H2,1-3H3,(H,33,36)(H,34,37)/t19?,23?,25-,30?/m1/s1. The van der Waals surface area contributed by atoms with E-state index in [1.54, 1.807) is 19.2 Å². The van der Waals surface area contributed by atoms with Crippen LogP contribution in [0, 0.1) is 11.7 Å². The lowest BCUT2D eigenvalue weighted by molar-refractivity contribution is -0.178. The zero-order valence-corrected chi connectivity index (χ0v) is 22.8. The smallest absolute Gasteiger partial charge is 0.258 e.